The lowest BCUT2D eigenvalue weighted by molar-refractivity contribution is -0.114. The first-order valence-corrected chi connectivity index (χ1v) is 11.0. The molecule has 1 aromatic heterocycles. The standard InChI is InChI=1S/C24H29N3OS/c1-5-26(6-2)14-15-27(22(28)13-12-20-10-8-7-9-11-20)24-25-21-17-18(3)16-19(4)23(21)29-24/h7-13,16-17H,5-6,14-15H2,1-4H3/b13-12+. The molecule has 0 atom stereocenters. The highest BCUT2D eigenvalue weighted by Gasteiger charge is 2.19. The van der Waals surface area contributed by atoms with E-state index >= 15 is 0 Å². The van der Waals surface area contributed by atoms with Gasteiger partial charge >= 0.3 is 0 Å². The van der Waals surface area contributed by atoms with Crippen molar-refractivity contribution in [2.45, 2.75) is 27.7 Å². The maximum atomic E-state index is 13.1. The lowest BCUT2D eigenvalue weighted by atomic mass is 10.1. The molecular formula is C24H29N3OS. The summed E-state index contributed by atoms with van der Waals surface area (Å²) in [6, 6.07) is 14.2. The molecule has 0 saturated carbocycles. The number of nitrogens with zero attached hydrogens (tertiary/aromatic N) is 3. The van der Waals surface area contributed by atoms with Gasteiger partial charge in [0.05, 0.1) is 10.2 Å². The molecule has 0 aliphatic heterocycles. The second kappa shape index (κ2) is 9.81. The number of carbonyl (C=O) groups excluding carboxylic acids is 1. The molecule has 2 aromatic carbocycles. The number of aryl methyl sites for hydroxylation is 2. The Morgan fingerprint density at radius 1 is 1.07 bits per heavy atom. The van der Waals surface area contributed by atoms with E-state index in [2.05, 4.69) is 44.7 Å². The van der Waals surface area contributed by atoms with Crippen molar-refractivity contribution in [3.8, 4) is 0 Å². The maximum Gasteiger partial charge on any atom is 0.252 e. The highest BCUT2D eigenvalue weighted by atomic mass is 32.1. The lowest BCUT2D eigenvalue weighted by Gasteiger charge is -2.23. The minimum absolute atomic E-state index is 0.0329. The van der Waals surface area contributed by atoms with Gasteiger partial charge in [-0.15, -0.1) is 0 Å². The highest BCUT2D eigenvalue weighted by Crippen LogP contribution is 2.32. The van der Waals surface area contributed by atoms with Gasteiger partial charge < -0.3 is 4.90 Å². The quantitative estimate of drug-likeness (QED) is 0.475. The van der Waals surface area contributed by atoms with Gasteiger partial charge in [-0.25, -0.2) is 4.98 Å². The Balaban J connectivity index is 1.91. The molecule has 0 unspecified atom stereocenters. The predicted molar refractivity (Wildman–Crippen MR) is 125 cm³/mol. The number of carbonyl (C=O) groups is 1. The summed E-state index contributed by atoms with van der Waals surface area (Å²) < 4.78 is 1.15. The van der Waals surface area contributed by atoms with Crippen molar-refractivity contribution in [3.63, 3.8) is 0 Å². The van der Waals surface area contributed by atoms with E-state index in [1.54, 1.807) is 17.4 Å². The second-order valence-electron chi connectivity index (χ2n) is 7.19. The topological polar surface area (TPSA) is 36.4 Å². The van der Waals surface area contributed by atoms with Gasteiger partial charge in [0, 0.05) is 19.2 Å². The number of likely N-dealkylation sites (N-methyl/N-ethyl adjacent to an activating group) is 1. The number of hydrogen-bond acceptors (Lipinski definition) is 4. The Bertz CT molecular complexity index is 990. The van der Waals surface area contributed by atoms with Crippen LogP contribution in [0.25, 0.3) is 16.3 Å². The van der Waals surface area contributed by atoms with Crippen molar-refractivity contribution in [2.24, 2.45) is 0 Å². The minimum Gasteiger partial charge on any atom is -0.302 e. The van der Waals surface area contributed by atoms with E-state index in [4.69, 9.17) is 4.98 Å². The third-order valence-electron chi connectivity index (χ3n) is 5.06. The van der Waals surface area contributed by atoms with E-state index in [-0.39, 0.29) is 5.91 Å². The molecule has 3 rings (SSSR count). The van der Waals surface area contributed by atoms with E-state index in [9.17, 15) is 4.79 Å². The van der Waals surface area contributed by atoms with Crippen LogP contribution in [0.3, 0.4) is 0 Å². The molecule has 0 saturated heterocycles. The Kier molecular flexibility index (Phi) is 7.18. The lowest BCUT2D eigenvalue weighted by Crippen LogP contribution is -2.38. The zero-order chi connectivity index (χ0) is 20.8. The van der Waals surface area contributed by atoms with E-state index < -0.39 is 0 Å². The average molecular weight is 408 g/mol. The van der Waals surface area contributed by atoms with Crippen LogP contribution in [0, 0.1) is 13.8 Å². The number of benzene rings is 2. The maximum absolute atomic E-state index is 13.1. The van der Waals surface area contributed by atoms with Crippen LogP contribution in [0.4, 0.5) is 5.13 Å². The first-order chi connectivity index (χ1) is 14.0. The molecule has 0 fully saturated rings. The van der Waals surface area contributed by atoms with Crippen molar-refractivity contribution in [1.82, 2.24) is 9.88 Å². The van der Waals surface area contributed by atoms with Crippen molar-refractivity contribution in [3.05, 3.63) is 65.2 Å². The number of rotatable bonds is 8. The molecule has 152 valence electrons. The molecule has 5 heteroatoms. The van der Waals surface area contributed by atoms with Crippen molar-refractivity contribution < 1.29 is 4.79 Å². The van der Waals surface area contributed by atoms with Crippen LogP contribution >= 0.6 is 11.3 Å². The number of anilines is 1. The summed E-state index contributed by atoms with van der Waals surface area (Å²) in [7, 11) is 0. The second-order valence-corrected chi connectivity index (χ2v) is 8.16. The summed E-state index contributed by atoms with van der Waals surface area (Å²) in [6.45, 7) is 11.9. The fourth-order valence-corrected chi connectivity index (χ4v) is 4.43. The highest BCUT2D eigenvalue weighted by molar-refractivity contribution is 7.22. The van der Waals surface area contributed by atoms with Gasteiger partial charge in [0.15, 0.2) is 5.13 Å². The summed E-state index contributed by atoms with van der Waals surface area (Å²) in [5.74, 6) is -0.0329. The predicted octanol–water partition coefficient (Wildman–Crippen LogP) is 5.30. The summed E-state index contributed by atoms with van der Waals surface area (Å²) in [5, 5.41) is 0.767. The van der Waals surface area contributed by atoms with Gasteiger partial charge in [0.2, 0.25) is 0 Å². The first kappa shape index (κ1) is 21.2. The van der Waals surface area contributed by atoms with Gasteiger partial charge in [0.1, 0.15) is 0 Å². The van der Waals surface area contributed by atoms with Crippen LogP contribution in [-0.2, 0) is 4.79 Å². The minimum atomic E-state index is -0.0329. The molecule has 0 radical (unpaired) electrons. The van der Waals surface area contributed by atoms with Crippen molar-refractivity contribution in [2.75, 3.05) is 31.1 Å². The van der Waals surface area contributed by atoms with E-state index in [1.807, 2.05) is 41.3 Å². The summed E-state index contributed by atoms with van der Waals surface area (Å²) >= 11 is 1.60. The molecule has 29 heavy (non-hydrogen) atoms. The van der Waals surface area contributed by atoms with Crippen LogP contribution < -0.4 is 4.90 Å². The Hall–Kier alpha value is -2.50. The normalized spacial score (nSPS) is 11.6. The van der Waals surface area contributed by atoms with Crippen LogP contribution in [0.15, 0.2) is 48.5 Å². The molecule has 0 spiro atoms. The first-order valence-electron chi connectivity index (χ1n) is 10.2. The number of thiazole rings is 1. The summed E-state index contributed by atoms with van der Waals surface area (Å²) in [6.07, 6.45) is 3.53. The molecule has 3 aromatic rings. The Morgan fingerprint density at radius 3 is 2.48 bits per heavy atom. The number of amides is 1. The third kappa shape index (κ3) is 5.31. The fourth-order valence-electron chi connectivity index (χ4n) is 3.38. The van der Waals surface area contributed by atoms with E-state index in [0.717, 1.165) is 40.5 Å². The van der Waals surface area contributed by atoms with E-state index in [1.165, 1.54) is 11.1 Å². The number of hydrogen-bond donors (Lipinski definition) is 0. The van der Waals surface area contributed by atoms with Crippen LogP contribution in [-0.4, -0.2) is 42.0 Å². The summed E-state index contributed by atoms with van der Waals surface area (Å²) in [5.41, 5.74) is 4.38. The van der Waals surface area contributed by atoms with Crippen LogP contribution in [0.5, 0.6) is 0 Å². The van der Waals surface area contributed by atoms with Gasteiger partial charge in [-0.05, 0) is 55.8 Å². The van der Waals surface area contributed by atoms with Crippen molar-refractivity contribution in [1.29, 1.82) is 0 Å². The SMILES string of the molecule is CCN(CC)CCN(C(=O)/C=C/c1ccccc1)c1nc2cc(C)cc(C)c2s1. The average Bonchev–Trinajstić information content (AvgIpc) is 3.14. The zero-order valence-corrected chi connectivity index (χ0v) is 18.5. The molecule has 4 nitrogen and oxygen atoms in total. The number of fused-ring (bicyclic) bond motifs is 1. The summed E-state index contributed by atoms with van der Waals surface area (Å²) in [4.78, 5) is 22.1. The third-order valence-corrected chi connectivity index (χ3v) is 6.29. The number of aromatic nitrogens is 1. The Morgan fingerprint density at radius 2 is 1.79 bits per heavy atom. The molecule has 1 amide bonds. The van der Waals surface area contributed by atoms with Gasteiger partial charge in [-0.2, -0.15) is 0 Å². The van der Waals surface area contributed by atoms with Gasteiger partial charge in [-0.3, -0.25) is 9.69 Å². The molecule has 0 aliphatic rings. The monoisotopic (exact) mass is 407 g/mol. The van der Waals surface area contributed by atoms with Crippen molar-refractivity contribution >= 4 is 38.7 Å². The molecule has 0 aliphatic carbocycles. The fraction of sp³-hybridized carbons (Fsp3) is 0.333. The molecule has 0 bridgehead atoms. The van der Waals surface area contributed by atoms with Gasteiger partial charge in [0.25, 0.3) is 5.91 Å². The van der Waals surface area contributed by atoms with Crippen LogP contribution in [0.1, 0.15) is 30.5 Å². The molecule has 0 N–H and O–H groups in total. The van der Waals surface area contributed by atoms with E-state index in [0.29, 0.717) is 6.54 Å². The van der Waals surface area contributed by atoms with Gasteiger partial charge in [-0.1, -0.05) is 61.6 Å². The largest absolute Gasteiger partial charge is 0.302 e. The molecular weight excluding hydrogens is 378 g/mol. The smallest absolute Gasteiger partial charge is 0.252 e. The Labute approximate surface area is 177 Å². The van der Waals surface area contributed by atoms with Crippen LogP contribution in [0.2, 0.25) is 0 Å². The molecule has 1 heterocycles. The zero-order valence-electron chi connectivity index (χ0n) is 17.7.